The summed E-state index contributed by atoms with van der Waals surface area (Å²) in [5, 5.41) is 15.9. The number of nitrogens with zero attached hydrogens (tertiary/aromatic N) is 4. The first-order valence-corrected chi connectivity index (χ1v) is 7.75. The van der Waals surface area contributed by atoms with Gasteiger partial charge in [-0.25, -0.2) is 4.68 Å². The molecule has 19 heavy (non-hydrogen) atoms. The van der Waals surface area contributed by atoms with Gasteiger partial charge in [0.05, 0.1) is 18.8 Å². The molecule has 0 radical (unpaired) electrons. The Balaban J connectivity index is 2.24. The summed E-state index contributed by atoms with van der Waals surface area (Å²) in [7, 11) is 0. The molecular formula is C12H25N5OS. The molecule has 0 atom stereocenters. The van der Waals surface area contributed by atoms with E-state index in [0.717, 1.165) is 37.0 Å². The Bertz CT molecular complexity index is 350. The Morgan fingerprint density at radius 3 is 2.79 bits per heavy atom. The van der Waals surface area contributed by atoms with Gasteiger partial charge in [-0.3, -0.25) is 0 Å². The first-order valence-electron chi connectivity index (χ1n) is 6.76. The number of hydrogen-bond donors (Lipinski definition) is 1. The van der Waals surface area contributed by atoms with Gasteiger partial charge in [0.1, 0.15) is 0 Å². The van der Waals surface area contributed by atoms with Crippen LogP contribution in [0.4, 0.5) is 0 Å². The number of nitrogens with one attached hydrogen (secondary N) is 1. The van der Waals surface area contributed by atoms with Crippen LogP contribution in [0.2, 0.25) is 0 Å². The summed E-state index contributed by atoms with van der Waals surface area (Å²) in [6.07, 6.45) is 1.14. The van der Waals surface area contributed by atoms with Gasteiger partial charge in [-0.2, -0.15) is 0 Å². The number of ether oxygens (including phenoxy) is 1. The highest BCUT2D eigenvalue weighted by Crippen LogP contribution is 2.14. The number of rotatable bonds is 9. The van der Waals surface area contributed by atoms with Crippen LogP contribution in [0, 0.1) is 0 Å². The van der Waals surface area contributed by atoms with Crippen molar-refractivity contribution in [3.8, 4) is 0 Å². The SMILES string of the molecule is CCCNCCn1nnnc1SCCOC(C)(C)C. The first-order chi connectivity index (χ1) is 9.03. The zero-order chi connectivity index (χ0) is 14.1. The topological polar surface area (TPSA) is 64.9 Å². The Morgan fingerprint density at radius 2 is 2.11 bits per heavy atom. The quantitative estimate of drug-likeness (QED) is 0.549. The summed E-state index contributed by atoms with van der Waals surface area (Å²) in [6, 6.07) is 0. The summed E-state index contributed by atoms with van der Waals surface area (Å²) >= 11 is 1.63. The van der Waals surface area contributed by atoms with Crippen LogP contribution in [-0.4, -0.2) is 51.3 Å². The Kier molecular flexibility index (Phi) is 7.33. The standard InChI is InChI=1S/C12H25N5OS/c1-5-6-13-7-8-17-11(14-15-16-17)19-10-9-18-12(2,3)4/h13H,5-10H2,1-4H3. The van der Waals surface area contributed by atoms with Crippen LogP contribution in [0.3, 0.4) is 0 Å². The van der Waals surface area contributed by atoms with Crippen molar-refractivity contribution >= 4 is 11.8 Å². The summed E-state index contributed by atoms with van der Waals surface area (Å²) < 4.78 is 7.51. The highest BCUT2D eigenvalue weighted by atomic mass is 32.2. The van der Waals surface area contributed by atoms with Crippen molar-refractivity contribution in [1.82, 2.24) is 25.5 Å². The molecule has 0 fully saturated rings. The van der Waals surface area contributed by atoms with Crippen LogP contribution in [0.1, 0.15) is 34.1 Å². The number of aromatic nitrogens is 4. The Labute approximate surface area is 119 Å². The van der Waals surface area contributed by atoms with E-state index in [4.69, 9.17) is 4.74 Å². The minimum atomic E-state index is -0.0868. The molecule has 0 aliphatic heterocycles. The lowest BCUT2D eigenvalue weighted by Crippen LogP contribution is -2.22. The second-order valence-electron chi connectivity index (χ2n) is 5.24. The van der Waals surface area contributed by atoms with E-state index < -0.39 is 0 Å². The first kappa shape index (κ1) is 16.4. The molecule has 7 heteroatoms. The van der Waals surface area contributed by atoms with E-state index in [1.807, 2.05) is 4.68 Å². The van der Waals surface area contributed by atoms with Gasteiger partial charge >= 0.3 is 0 Å². The highest BCUT2D eigenvalue weighted by molar-refractivity contribution is 7.99. The van der Waals surface area contributed by atoms with E-state index in [-0.39, 0.29) is 5.60 Å². The molecule has 1 heterocycles. The molecule has 0 aromatic carbocycles. The summed E-state index contributed by atoms with van der Waals surface area (Å²) in [5.41, 5.74) is -0.0868. The summed E-state index contributed by atoms with van der Waals surface area (Å²) in [6.45, 7) is 11.8. The minimum Gasteiger partial charge on any atom is -0.375 e. The number of tetrazole rings is 1. The van der Waals surface area contributed by atoms with E-state index in [0.29, 0.717) is 6.61 Å². The Hall–Kier alpha value is -0.660. The largest absolute Gasteiger partial charge is 0.375 e. The van der Waals surface area contributed by atoms with Crippen molar-refractivity contribution in [2.24, 2.45) is 0 Å². The molecule has 0 saturated carbocycles. The van der Waals surface area contributed by atoms with Crippen LogP contribution < -0.4 is 5.32 Å². The molecule has 1 N–H and O–H groups in total. The smallest absolute Gasteiger partial charge is 0.209 e. The third-order valence-corrected chi connectivity index (χ3v) is 3.20. The molecule has 0 aliphatic rings. The van der Waals surface area contributed by atoms with E-state index in [1.165, 1.54) is 0 Å². The van der Waals surface area contributed by atoms with Crippen molar-refractivity contribution in [2.45, 2.75) is 51.4 Å². The molecular weight excluding hydrogens is 262 g/mol. The van der Waals surface area contributed by atoms with E-state index in [9.17, 15) is 0 Å². The van der Waals surface area contributed by atoms with Crippen LogP contribution in [0.25, 0.3) is 0 Å². The van der Waals surface area contributed by atoms with Gasteiger partial charge in [-0.05, 0) is 44.2 Å². The molecule has 0 saturated heterocycles. The lowest BCUT2D eigenvalue weighted by Gasteiger charge is -2.18. The zero-order valence-electron chi connectivity index (χ0n) is 12.3. The molecule has 0 spiro atoms. The maximum Gasteiger partial charge on any atom is 0.209 e. The van der Waals surface area contributed by atoms with Gasteiger partial charge in [0.15, 0.2) is 0 Å². The van der Waals surface area contributed by atoms with Gasteiger partial charge in [0.2, 0.25) is 5.16 Å². The maximum absolute atomic E-state index is 5.67. The fraction of sp³-hybridized carbons (Fsp3) is 0.917. The molecule has 1 aromatic heterocycles. The van der Waals surface area contributed by atoms with Crippen LogP contribution in [0.5, 0.6) is 0 Å². The van der Waals surface area contributed by atoms with E-state index in [2.05, 4.69) is 48.5 Å². The van der Waals surface area contributed by atoms with Crippen LogP contribution >= 0.6 is 11.8 Å². The molecule has 6 nitrogen and oxygen atoms in total. The second kappa shape index (κ2) is 8.50. The molecule has 110 valence electrons. The van der Waals surface area contributed by atoms with Gasteiger partial charge in [-0.15, -0.1) is 5.10 Å². The minimum absolute atomic E-state index is 0.0868. The van der Waals surface area contributed by atoms with E-state index in [1.54, 1.807) is 11.8 Å². The lowest BCUT2D eigenvalue weighted by molar-refractivity contribution is 0.00692. The monoisotopic (exact) mass is 287 g/mol. The molecule has 0 aliphatic carbocycles. The van der Waals surface area contributed by atoms with Gasteiger partial charge < -0.3 is 10.1 Å². The van der Waals surface area contributed by atoms with Crippen molar-refractivity contribution in [2.75, 3.05) is 25.4 Å². The molecule has 1 aromatic rings. The van der Waals surface area contributed by atoms with Crippen molar-refractivity contribution < 1.29 is 4.74 Å². The summed E-state index contributed by atoms with van der Waals surface area (Å²) in [4.78, 5) is 0. The Morgan fingerprint density at radius 1 is 1.32 bits per heavy atom. The third-order valence-electron chi connectivity index (χ3n) is 2.28. The van der Waals surface area contributed by atoms with Crippen LogP contribution in [0.15, 0.2) is 5.16 Å². The van der Waals surface area contributed by atoms with Gasteiger partial charge in [0, 0.05) is 12.3 Å². The second-order valence-corrected chi connectivity index (χ2v) is 6.31. The molecule has 0 unspecified atom stereocenters. The number of hydrogen-bond acceptors (Lipinski definition) is 6. The van der Waals surface area contributed by atoms with Crippen molar-refractivity contribution in [1.29, 1.82) is 0 Å². The van der Waals surface area contributed by atoms with Gasteiger partial charge in [-0.1, -0.05) is 18.7 Å². The van der Waals surface area contributed by atoms with Gasteiger partial charge in [0.25, 0.3) is 0 Å². The third kappa shape index (κ3) is 7.49. The predicted molar refractivity (Wildman–Crippen MR) is 77.4 cm³/mol. The normalized spacial score (nSPS) is 12.0. The average molecular weight is 287 g/mol. The zero-order valence-corrected chi connectivity index (χ0v) is 13.2. The number of thioether (sulfide) groups is 1. The maximum atomic E-state index is 5.67. The van der Waals surface area contributed by atoms with Crippen molar-refractivity contribution in [3.05, 3.63) is 0 Å². The van der Waals surface area contributed by atoms with Crippen molar-refractivity contribution in [3.63, 3.8) is 0 Å². The lowest BCUT2D eigenvalue weighted by atomic mass is 10.2. The summed E-state index contributed by atoms with van der Waals surface area (Å²) in [5.74, 6) is 0.861. The fourth-order valence-electron chi connectivity index (χ4n) is 1.41. The fourth-order valence-corrected chi connectivity index (χ4v) is 2.13. The molecule has 0 amide bonds. The predicted octanol–water partition coefficient (Wildman–Crippen LogP) is 1.58. The molecule has 1 rings (SSSR count). The average Bonchev–Trinajstić information content (AvgIpc) is 2.77. The molecule has 0 bridgehead atoms. The van der Waals surface area contributed by atoms with E-state index >= 15 is 0 Å². The van der Waals surface area contributed by atoms with Crippen LogP contribution in [-0.2, 0) is 11.3 Å². The highest BCUT2D eigenvalue weighted by Gasteiger charge is 2.11.